The molecule has 0 bridgehead atoms. The van der Waals surface area contributed by atoms with Gasteiger partial charge in [-0.2, -0.15) is 0 Å². The molecule has 0 aliphatic heterocycles. The highest BCUT2D eigenvalue weighted by molar-refractivity contribution is 5.89. The standard InChI is InChI=1S/C15H20O4/c1-3-8-13(12(4-2)14(16)17)19-15(18)11-9-6-5-7-10-11/h5-7,9-10,12-13H,3-4,8H2,1-2H3,(H,16,17). The first kappa shape index (κ1) is 15.2. The topological polar surface area (TPSA) is 63.6 Å². The molecule has 1 rings (SSSR count). The molecule has 0 amide bonds. The van der Waals surface area contributed by atoms with E-state index in [-0.39, 0.29) is 0 Å². The van der Waals surface area contributed by atoms with Gasteiger partial charge < -0.3 is 9.84 Å². The van der Waals surface area contributed by atoms with Crippen molar-refractivity contribution < 1.29 is 19.4 Å². The number of carboxylic acids is 1. The van der Waals surface area contributed by atoms with Crippen molar-refractivity contribution >= 4 is 11.9 Å². The predicted octanol–water partition coefficient (Wildman–Crippen LogP) is 3.12. The maximum Gasteiger partial charge on any atom is 0.338 e. The minimum atomic E-state index is -0.915. The van der Waals surface area contributed by atoms with Gasteiger partial charge in [0.05, 0.1) is 11.5 Å². The molecule has 0 saturated carbocycles. The third kappa shape index (κ3) is 4.39. The van der Waals surface area contributed by atoms with Gasteiger partial charge in [-0.15, -0.1) is 0 Å². The van der Waals surface area contributed by atoms with Crippen LogP contribution in [0.15, 0.2) is 30.3 Å². The number of ether oxygens (including phenoxy) is 1. The largest absolute Gasteiger partial charge is 0.481 e. The van der Waals surface area contributed by atoms with Gasteiger partial charge in [-0.3, -0.25) is 4.79 Å². The molecule has 0 aromatic heterocycles. The lowest BCUT2D eigenvalue weighted by Gasteiger charge is -2.22. The summed E-state index contributed by atoms with van der Waals surface area (Å²) in [5.74, 6) is -2.02. The summed E-state index contributed by atoms with van der Waals surface area (Å²) < 4.78 is 5.37. The normalized spacial score (nSPS) is 13.6. The Labute approximate surface area is 113 Å². The third-order valence-electron chi connectivity index (χ3n) is 3.05. The predicted molar refractivity (Wildman–Crippen MR) is 72.0 cm³/mol. The zero-order chi connectivity index (χ0) is 14.3. The average Bonchev–Trinajstić information content (AvgIpc) is 2.40. The van der Waals surface area contributed by atoms with E-state index in [0.717, 1.165) is 6.42 Å². The van der Waals surface area contributed by atoms with E-state index in [1.165, 1.54) is 0 Å². The molecule has 0 aliphatic rings. The summed E-state index contributed by atoms with van der Waals surface area (Å²) in [6.45, 7) is 3.73. The second kappa shape index (κ2) is 7.56. The maximum atomic E-state index is 12.0. The number of carboxylic acid groups (broad SMARTS) is 1. The number of esters is 1. The van der Waals surface area contributed by atoms with Crippen molar-refractivity contribution in [3.8, 4) is 0 Å². The summed E-state index contributed by atoms with van der Waals surface area (Å²) >= 11 is 0. The molecule has 4 heteroatoms. The van der Waals surface area contributed by atoms with Crippen LogP contribution in [-0.4, -0.2) is 23.1 Å². The Bertz CT molecular complexity index is 413. The van der Waals surface area contributed by atoms with Crippen molar-refractivity contribution in [2.75, 3.05) is 0 Å². The molecular weight excluding hydrogens is 244 g/mol. The number of carbonyl (C=O) groups is 2. The monoisotopic (exact) mass is 264 g/mol. The molecule has 2 atom stereocenters. The average molecular weight is 264 g/mol. The fourth-order valence-electron chi connectivity index (χ4n) is 2.00. The minimum Gasteiger partial charge on any atom is -0.481 e. The minimum absolute atomic E-state index is 0.446. The number of benzene rings is 1. The SMILES string of the molecule is CCCC(OC(=O)c1ccccc1)C(CC)C(=O)O. The highest BCUT2D eigenvalue weighted by Crippen LogP contribution is 2.19. The lowest BCUT2D eigenvalue weighted by Crippen LogP contribution is -2.32. The van der Waals surface area contributed by atoms with Crippen LogP contribution in [0.3, 0.4) is 0 Å². The quantitative estimate of drug-likeness (QED) is 0.768. The lowest BCUT2D eigenvalue weighted by atomic mass is 9.96. The van der Waals surface area contributed by atoms with Crippen LogP contribution in [-0.2, 0) is 9.53 Å². The van der Waals surface area contributed by atoms with Gasteiger partial charge in [0.25, 0.3) is 0 Å². The van der Waals surface area contributed by atoms with Crippen LogP contribution in [0.5, 0.6) is 0 Å². The van der Waals surface area contributed by atoms with E-state index in [4.69, 9.17) is 9.84 Å². The van der Waals surface area contributed by atoms with E-state index >= 15 is 0 Å². The van der Waals surface area contributed by atoms with Crippen LogP contribution in [0.2, 0.25) is 0 Å². The molecule has 4 nitrogen and oxygen atoms in total. The second-order valence-corrected chi connectivity index (χ2v) is 4.45. The molecule has 0 fully saturated rings. The van der Waals surface area contributed by atoms with Crippen LogP contribution in [0.4, 0.5) is 0 Å². The first-order chi connectivity index (χ1) is 9.10. The number of hydrogen-bond donors (Lipinski definition) is 1. The van der Waals surface area contributed by atoms with E-state index < -0.39 is 24.0 Å². The van der Waals surface area contributed by atoms with E-state index in [2.05, 4.69) is 0 Å². The third-order valence-corrected chi connectivity index (χ3v) is 3.05. The molecular formula is C15H20O4. The Morgan fingerprint density at radius 2 is 1.84 bits per heavy atom. The zero-order valence-corrected chi connectivity index (χ0v) is 11.3. The van der Waals surface area contributed by atoms with Gasteiger partial charge in [0.15, 0.2) is 0 Å². The molecule has 0 radical (unpaired) electrons. The Kier molecular flexibility index (Phi) is 6.06. The Morgan fingerprint density at radius 1 is 1.21 bits per heavy atom. The molecule has 1 aromatic carbocycles. The smallest absolute Gasteiger partial charge is 0.338 e. The molecule has 2 unspecified atom stereocenters. The molecule has 0 heterocycles. The summed E-state index contributed by atoms with van der Waals surface area (Å²) in [6, 6.07) is 8.63. The van der Waals surface area contributed by atoms with Crippen molar-refractivity contribution in [3.05, 3.63) is 35.9 Å². The van der Waals surface area contributed by atoms with Crippen molar-refractivity contribution in [1.29, 1.82) is 0 Å². The summed E-state index contributed by atoms with van der Waals surface area (Å²) in [7, 11) is 0. The second-order valence-electron chi connectivity index (χ2n) is 4.45. The Balaban J connectivity index is 2.78. The van der Waals surface area contributed by atoms with Crippen LogP contribution < -0.4 is 0 Å². The van der Waals surface area contributed by atoms with Crippen molar-refractivity contribution in [2.24, 2.45) is 5.92 Å². The van der Waals surface area contributed by atoms with Gasteiger partial charge in [0, 0.05) is 0 Å². The lowest BCUT2D eigenvalue weighted by molar-refractivity contribution is -0.146. The molecule has 1 N–H and O–H groups in total. The summed E-state index contributed by atoms with van der Waals surface area (Å²) in [6.07, 6.45) is 1.21. The van der Waals surface area contributed by atoms with Crippen molar-refractivity contribution in [3.63, 3.8) is 0 Å². The zero-order valence-electron chi connectivity index (χ0n) is 11.3. The molecule has 0 spiro atoms. The van der Waals surface area contributed by atoms with E-state index in [1.807, 2.05) is 13.0 Å². The van der Waals surface area contributed by atoms with Crippen molar-refractivity contribution in [2.45, 2.75) is 39.2 Å². The number of rotatable bonds is 7. The fraction of sp³-hybridized carbons (Fsp3) is 0.467. The van der Waals surface area contributed by atoms with Crippen LogP contribution in [0, 0.1) is 5.92 Å². The maximum absolute atomic E-state index is 12.0. The van der Waals surface area contributed by atoms with E-state index in [0.29, 0.717) is 18.4 Å². The molecule has 104 valence electrons. The number of carbonyl (C=O) groups excluding carboxylic acids is 1. The first-order valence-corrected chi connectivity index (χ1v) is 6.59. The van der Waals surface area contributed by atoms with Gasteiger partial charge in [-0.05, 0) is 25.0 Å². The summed E-state index contributed by atoms with van der Waals surface area (Å²) in [5, 5.41) is 9.16. The van der Waals surface area contributed by atoms with Crippen LogP contribution >= 0.6 is 0 Å². The van der Waals surface area contributed by atoms with Gasteiger partial charge in [0.2, 0.25) is 0 Å². The molecule has 0 aliphatic carbocycles. The van der Waals surface area contributed by atoms with Gasteiger partial charge in [-0.1, -0.05) is 38.5 Å². The highest BCUT2D eigenvalue weighted by Gasteiger charge is 2.29. The molecule has 19 heavy (non-hydrogen) atoms. The van der Waals surface area contributed by atoms with Crippen molar-refractivity contribution in [1.82, 2.24) is 0 Å². The van der Waals surface area contributed by atoms with E-state index in [9.17, 15) is 9.59 Å². The fourth-order valence-corrected chi connectivity index (χ4v) is 2.00. The van der Waals surface area contributed by atoms with Crippen LogP contribution in [0.1, 0.15) is 43.5 Å². The summed E-state index contributed by atoms with van der Waals surface area (Å²) in [4.78, 5) is 23.1. The van der Waals surface area contributed by atoms with Gasteiger partial charge >= 0.3 is 11.9 Å². The highest BCUT2D eigenvalue weighted by atomic mass is 16.5. The number of aliphatic carboxylic acids is 1. The van der Waals surface area contributed by atoms with Gasteiger partial charge in [-0.25, -0.2) is 4.79 Å². The number of hydrogen-bond acceptors (Lipinski definition) is 3. The van der Waals surface area contributed by atoms with E-state index in [1.54, 1.807) is 31.2 Å². The Hall–Kier alpha value is -1.84. The molecule has 0 saturated heterocycles. The molecule has 1 aromatic rings. The first-order valence-electron chi connectivity index (χ1n) is 6.59. The summed E-state index contributed by atoms with van der Waals surface area (Å²) in [5.41, 5.74) is 0.448. The van der Waals surface area contributed by atoms with Crippen LogP contribution in [0.25, 0.3) is 0 Å². The van der Waals surface area contributed by atoms with Gasteiger partial charge in [0.1, 0.15) is 6.10 Å². The Morgan fingerprint density at radius 3 is 2.32 bits per heavy atom.